The van der Waals surface area contributed by atoms with Crippen LogP contribution in [0.4, 0.5) is 4.39 Å². The van der Waals surface area contributed by atoms with Crippen molar-refractivity contribution >= 4 is 16.3 Å². The molecule has 0 saturated carbocycles. The fourth-order valence-corrected chi connectivity index (χ4v) is 2.93. The zero-order chi connectivity index (χ0) is 12.5. The van der Waals surface area contributed by atoms with Crippen molar-refractivity contribution in [1.82, 2.24) is 9.38 Å². The first kappa shape index (κ1) is 11.4. The molecule has 2 heterocycles. The number of fused-ring (bicyclic) bond motifs is 1. The molecule has 2 aromatic heterocycles. The summed E-state index contributed by atoms with van der Waals surface area (Å²) in [6, 6.07) is 6.59. The molecule has 0 bridgehead atoms. The maximum Gasteiger partial charge on any atom is 0.194 e. The summed E-state index contributed by atoms with van der Waals surface area (Å²) < 4.78 is 15.0. The summed E-state index contributed by atoms with van der Waals surface area (Å²) >= 11 is 1.55. The summed E-state index contributed by atoms with van der Waals surface area (Å²) in [5, 5.41) is 9.15. The van der Waals surface area contributed by atoms with Crippen molar-refractivity contribution in [3.8, 4) is 0 Å². The molecule has 3 nitrogen and oxygen atoms in total. The van der Waals surface area contributed by atoms with Gasteiger partial charge in [0, 0.05) is 17.5 Å². The van der Waals surface area contributed by atoms with E-state index in [4.69, 9.17) is 5.11 Å². The third kappa shape index (κ3) is 2.02. The van der Waals surface area contributed by atoms with Crippen LogP contribution in [-0.2, 0) is 13.0 Å². The Morgan fingerprint density at radius 1 is 1.39 bits per heavy atom. The van der Waals surface area contributed by atoms with E-state index in [1.54, 1.807) is 23.6 Å². The molecule has 5 heteroatoms. The molecule has 0 saturated heterocycles. The van der Waals surface area contributed by atoms with Crippen LogP contribution >= 0.6 is 11.3 Å². The van der Waals surface area contributed by atoms with Crippen LogP contribution in [0.1, 0.15) is 16.1 Å². The van der Waals surface area contributed by atoms with Crippen LogP contribution < -0.4 is 0 Å². The molecule has 3 rings (SSSR count). The first-order valence-corrected chi connectivity index (χ1v) is 6.38. The molecule has 92 valence electrons. The lowest BCUT2D eigenvalue weighted by molar-refractivity contribution is 0.276. The number of nitrogens with zero attached hydrogens (tertiary/aromatic N) is 2. The third-order valence-electron chi connectivity index (χ3n) is 2.76. The van der Waals surface area contributed by atoms with E-state index in [1.807, 2.05) is 16.7 Å². The summed E-state index contributed by atoms with van der Waals surface area (Å²) in [7, 11) is 0. The monoisotopic (exact) mass is 262 g/mol. The average molecular weight is 262 g/mol. The highest BCUT2D eigenvalue weighted by Gasteiger charge is 2.08. The number of hydrogen-bond donors (Lipinski definition) is 1. The Kier molecular flexibility index (Phi) is 2.85. The van der Waals surface area contributed by atoms with Gasteiger partial charge >= 0.3 is 0 Å². The van der Waals surface area contributed by atoms with E-state index in [-0.39, 0.29) is 12.4 Å². The maximum atomic E-state index is 13.1. The lowest BCUT2D eigenvalue weighted by atomic mass is 10.1. The summed E-state index contributed by atoms with van der Waals surface area (Å²) in [6.07, 6.45) is 4.29. The fraction of sp³-hybridized carbons (Fsp3) is 0.154. The van der Waals surface area contributed by atoms with Crippen molar-refractivity contribution in [1.29, 1.82) is 0 Å². The minimum Gasteiger partial charge on any atom is -0.390 e. The van der Waals surface area contributed by atoms with Crippen LogP contribution in [0.15, 0.2) is 36.7 Å². The second kappa shape index (κ2) is 4.51. The van der Waals surface area contributed by atoms with Crippen molar-refractivity contribution in [3.63, 3.8) is 0 Å². The van der Waals surface area contributed by atoms with Crippen LogP contribution in [-0.4, -0.2) is 14.5 Å². The minimum atomic E-state index is -0.218. The topological polar surface area (TPSA) is 37.5 Å². The van der Waals surface area contributed by atoms with E-state index >= 15 is 0 Å². The van der Waals surface area contributed by atoms with Gasteiger partial charge in [-0.25, -0.2) is 9.37 Å². The highest BCUT2D eigenvalue weighted by molar-refractivity contribution is 7.17. The van der Waals surface area contributed by atoms with Gasteiger partial charge in [-0.2, -0.15) is 0 Å². The Morgan fingerprint density at radius 3 is 3.06 bits per heavy atom. The molecular weight excluding hydrogens is 251 g/mol. The largest absolute Gasteiger partial charge is 0.390 e. The van der Waals surface area contributed by atoms with Gasteiger partial charge in [-0.15, -0.1) is 11.3 Å². The summed E-state index contributed by atoms with van der Waals surface area (Å²) in [5.41, 5.74) is 1.71. The second-order valence-electron chi connectivity index (χ2n) is 4.06. The standard InChI is InChI=1S/C13H11FN2OS/c14-10-3-1-2-9(4-10)5-12-7-16-11(8-17)6-15-13(16)18-12/h1-4,6-7,17H,5,8H2. The molecule has 0 spiro atoms. The van der Waals surface area contributed by atoms with Gasteiger partial charge in [0.2, 0.25) is 0 Å². The Balaban J connectivity index is 1.93. The van der Waals surface area contributed by atoms with Crippen LogP contribution in [0.3, 0.4) is 0 Å². The summed E-state index contributed by atoms with van der Waals surface area (Å²) in [5.74, 6) is -0.218. The number of aliphatic hydroxyl groups is 1. The smallest absolute Gasteiger partial charge is 0.194 e. The van der Waals surface area contributed by atoms with Gasteiger partial charge in [-0.1, -0.05) is 12.1 Å². The van der Waals surface area contributed by atoms with Gasteiger partial charge in [-0.05, 0) is 17.7 Å². The predicted molar refractivity (Wildman–Crippen MR) is 68.2 cm³/mol. The maximum absolute atomic E-state index is 13.1. The Bertz CT molecular complexity index is 689. The number of aliphatic hydroxyl groups excluding tert-OH is 1. The molecule has 0 aliphatic heterocycles. The Morgan fingerprint density at radius 2 is 2.28 bits per heavy atom. The third-order valence-corrected chi connectivity index (χ3v) is 3.76. The number of aromatic nitrogens is 2. The zero-order valence-corrected chi connectivity index (χ0v) is 10.3. The van der Waals surface area contributed by atoms with E-state index < -0.39 is 0 Å². The number of rotatable bonds is 3. The van der Waals surface area contributed by atoms with Gasteiger partial charge in [0.25, 0.3) is 0 Å². The SMILES string of the molecule is OCc1cnc2sc(Cc3cccc(F)c3)cn12. The fourth-order valence-electron chi connectivity index (χ4n) is 1.93. The number of halogens is 1. The molecule has 0 atom stereocenters. The molecule has 0 aliphatic rings. The number of imidazole rings is 1. The van der Waals surface area contributed by atoms with Crippen molar-refractivity contribution in [3.05, 3.63) is 58.6 Å². The summed E-state index contributed by atoms with van der Waals surface area (Å²) in [4.78, 5) is 6.16. The van der Waals surface area contributed by atoms with Gasteiger partial charge in [0.15, 0.2) is 4.96 Å². The van der Waals surface area contributed by atoms with Crippen molar-refractivity contribution in [2.24, 2.45) is 0 Å². The molecule has 1 N–H and O–H groups in total. The lowest BCUT2D eigenvalue weighted by Gasteiger charge is -1.98. The van der Waals surface area contributed by atoms with Crippen LogP contribution in [0.2, 0.25) is 0 Å². The Labute approximate surface area is 107 Å². The van der Waals surface area contributed by atoms with Crippen molar-refractivity contribution in [2.75, 3.05) is 0 Å². The highest BCUT2D eigenvalue weighted by Crippen LogP contribution is 2.22. The van der Waals surface area contributed by atoms with Gasteiger partial charge in [0.05, 0.1) is 18.5 Å². The molecule has 0 radical (unpaired) electrons. The molecule has 0 unspecified atom stereocenters. The number of hydrogen-bond acceptors (Lipinski definition) is 3. The lowest BCUT2D eigenvalue weighted by Crippen LogP contribution is -1.89. The van der Waals surface area contributed by atoms with Crippen molar-refractivity contribution in [2.45, 2.75) is 13.0 Å². The van der Waals surface area contributed by atoms with Crippen LogP contribution in [0.25, 0.3) is 4.96 Å². The molecular formula is C13H11FN2OS. The normalized spacial score (nSPS) is 11.2. The Hall–Kier alpha value is -1.72. The molecule has 18 heavy (non-hydrogen) atoms. The molecule has 0 aliphatic carbocycles. The first-order valence-electron chi connectivity index (χ1n) is 5.56. The number of benzene rings is 1. The van der Waals surface area contributed by atoms with Gasteiger partial charge in [-0.3, -0.25) is 4.40 Å². The molecule has 0 amide bonds. The predicted octanol–water partition coefficient (Wildman–Crippen LogP) is 2.62. The molecule has 3 aromatic rings. The van der Waals surface area contributed by atoms with Gasteiger partial charge < -0.3 is 5.11 Å². The molecule has 1 aromatic carbocycles. The number of thiazole rings is 1. The summed E-state index contributed by atoms with van der Waals surface area (Å²) in [6.45, 7) is -0.0305. The highest BCUT2D eigenvalue weighted by atomic mass is 32.1. The van der Waals surface area contributed by atoms with E-state index in [1.165, 1.54) is 12.1 Å². The minimum absolute atomic E-state index is 0.0305. The quantitative estimate of drug-likeness (QED) is 0.788. The van der Waals surface area contributed by atoms with E-state index in [2.05, 4.69) is 4.98 Å². The van der Waals surface area contributed by atoms with E-state index in [0.29, 0.717) is 6.42 Å². The zero-order valence-electron chi connectivity index (χ0n) is 9.51. The van der Waals surface area contributed by atoms with Gasteiger partial charge in [0.1, 0.15) is 5.82 Å². The molecule has 0 fully saturated rings. The van der Waals surface area contributed by atoms with E-state index in [9.17, 15) is 4.39 Å². The average Bonchev–Trinajstić information content (AvgIpc) is 2.88. The van der Waals surface area contributed by atoms with Crippen LogP contribution in [0.5, 0.6) is 0 Å². The first-order chi connectivity index (χ1) is 8.76. The van der Waals surface area contributed by atoms with Crippen molar-refractivity contribution < 1.29 is 9.50 Å². The second-order valence-corrected chi connectivity index (χ2v) is 5.16. The van der Waals surface area contributed by atoms with Crippen LogP contribution in [0, 0.1) is 5.82 Å². The van der Waals surface area contributed by atoms with E-state index in [0.717, 1.165) is 21.1 Å².